The minimum absolute atomic E-state index is 0.187. The molecule has 2 nitrogen and oxygen atoms in total. The fourth-order valence-electron chi connectivity index (χ4n) is 2.13. The first-order chi connectivity index (χ1) is 8.60. The van der Waals surface area contributed by atoms with Crippen LogP contribution in [0.3, 0.4) is 0 Å². The number of rotatable bonds is 7. The van der Waals surface area contributed by atoms with Crippen LogP contribution in [0.4, 0.5) is 0 Å². The van der Waals surface area contributed by atoms with Crippen molar-refractivity contribution in [3.63, 3.8) is 0 Å². The van der Waals surface area contributed by atoms with Crippen LogP contribution in [0.5, 0.6) is 5.75 Å². The summed E-state index contributed by atoms with van der Waals surface area (Å²) in [5, 5.41) is 0. The fourth-order valence-corrected chi connectivity index (χ4v) is 4.70. The van der Waals surface area contributed by atoms with Crippen molar-refractivity contribution in [2.45, 2.75) is 52.2 Å². The molecule has 0 aromatic heterocycles. The van der Waals surface area contributed by atoms with Crippen molar-refractivity contribution in [3.05, 3.63) is 29.8 Å². The van der Waals surface area contributed by atoms with Crippen molar-refractivity contribution in [3.8, 4) is 5.75 Å². The number of Topliss-reactive ketones (excluding diaryl/α,β-unsaturated/α-hetero) is 1. The summed E-state index contributed by atoms with van der Waals surface area (Å²) in [6, 6.07) is 11.0. The van der Waals surface area contributed by atoms with Crippen LogP contribution < -0.4 is 4.43 Å². The molecule has 100 valence electrons. The van der Waals surface area contributed by atoms with Crippen molar-refractivity contribution in [1.29, 1.82) is 0 Å². The molecule has 1 aromatic rings. The zero-order chi connectivity index (χ0) is 13.6. The van der Waals surface area contributed by atoms with Gasteiger partial charge in [-0.3, -0.25) is 4.79 Å². The van der Waals surface area contributed by atoms with Gasteiger partial charge in [0.15, 0.2) is 5.78 Å². The Morgan fingerprint density at radius 3 is 1.89 bits per heavy atom. The standard InChI is InChI=1S/C15H24O2Si/c1-5-15(16)13-9-11-14(12-10-13)17-18(6-2,7-3)8-4/h9-12H,5-8H2,1-4H3. The fraction of sp³-hybridized carbons (Fsp3) is 0.533. The minimum Gasteiger partial charge on any atom is -0.544 e. The molecule has 0 saturated carbocycles. The molecule has 0 heterocycles. The molecule has 0 bridgehead atoms. The topological polar surface area (TPSA) is 26.3 Å². The summed E-state index contributed by atoms with van der Waals surface area (Å²) in [5.41, 5.74) is 0.779. The lowest BCUT2D eigenvalue weighted by atomic mass is 10.1. The third kappa shape index (κ3) is 3.45. The molecule has 0 aliphatic heterocycles. The highest BCUT2D eigenvalue weighted by Crippen LogP contribution is 2.25. The number of carbonyl (C=O) groups is 1. The molecule has 0 radical (unpaired) electrons. The van der Waals surface area contributed by atoms with E-state index in [1.807, 2.05) is 31.2 Å². The molecular formula is C15H24O2Si. The van der Waals surface area contributed by atoms with E-state index in [4.69, 9.17) is 4.43 Å². The Morgan fingerprint density at radius 2 is 1.50 bits per heavy atom. The number of carbonyl (C=O) groups excluding carboxylic acids is 1. The van der Waals surface area contributed by atoms with E-state index in [2.05, 4.69) is 20.8 Å². The van der Waals surface area contributed by atoms with Gasteiger partial charge < -0.3 is 4.43 Å². The van der Waals surface area contributed by atoms with Crippen molar-refractivity contribution in [2.24, 2.45) is 0 Å². The summed E-state index contributed by atoms with van der Waals surface area (Å²) in [6.45, 7) is 8.53. The first-order valence-electron chi connectivity index (χ1n) is 6.93. The van der Waals surface area contributed by atoms with Gasteiger partial charge in [0, 0.05) is 12.0 Å². The van der Waals surface area contributed by atoms with Crippen LogP contribution in [-0.2, 0) is 0 Å². The molecule has 0 amide bonds. The van der Waals surface area contributed by atoms with Crippen LogP contribution in [0, 0.1) is 0 Å². The van der Waals surface area contributed by atoms with E-state index in [0.29, 0.717) is 6.42 Å². The smallest absolute Gasteiger partial charge is 0.250 e. The quantitative estimate of drug-likeness (QED) is 0.528. The first-order valence-corrected chi connectivity index (χ1v) is 9.46. The first kappa shape index (κ1) is 15.0. The molecule has 18 heavy (non-hydrogen) atoms. The zero-order valence-electron chi connectivity index (χ0n) is 12.0. The highest BCUT2D eigenvalue weighted by atomic mass is 28.4. The van der Waals surface area contributed by atoms with Gasteiger partial charge >= 0.3 is 0 Å². The molecule has 0 spiro atoms. The van der Waals surface area contributed by atoms with Crippen LogP contribution >= 0.6 is 0 Å². The molecule has 0 aliphatic rings. The van der Waals surface area contributed by atoms with Gasteiger partial charge in [-0.2, -0.15) is 0 Å². The van der Waals surface area contributed by atoms with Crippen molar-refractivity contribution in [2.75, 3.05) is 0 Å². The Labute approximate surface area is 111 Å². The Balaban J connectivity index is 2.83. The Bertz CT molecular complexity index is 372. The molecule has 0 aliphatic carbocycles. The highest BCUT2D eigenvalue weighted by Gasteiger charge is 2.30. The number of hydrogen-bond donors (Lipinski definition) is 0. The van der Waals surface area contributed by atoms with Gasteiger partial charge in [-0.05, 0) is 42.4 Å². The summed E-state index contributed by atoms with van der Waals surface area (Å²) >= 11 is 0. The van der Waals surface area contributed by atoms with Crippen molar-refractivity contribution >= 4 is 14.1 Å². The lowest BCUT2D eigenvalue weighted by Crippen LogP contribution is -2.39. The third-order valence-electron chi connectivity index (χ3n) is 3.76. The molecule has 0 fully saturated rings. The second-order valence-electron chi connectivity index (χ2n) is 4.65. The molecule has 0 saturated heterocycles. The normalized spacial score (nSPS) is 11.3. The monoisotopic (exact) mass is 264 g/mol. The van der Waals surface area contributed by atoms with Crippen LogP contribution in [-0.4, -0.2) is 14.1 Å². The lowest BCUT2D eigenvalue weighted by Gasteiger charge is -2.29. The van der Waals surface area contributed by atoms with E-state index in [1.54, 1.807) is 0 Å². The van der Waals surface area contributed by atoms with Gasteiger partial charge in [0.1, 0.15) is 5.75 Å². The molecule has 0 atom stereocenters. The van der Waals surface area contributed by atoms with Crippen LogP contribution in [0.2, 0.25) is 18.1 Å². The van der Waals surface area contributed by atoms with Crippen LogP contribution in [0.15, 0.2) is 24.3 Å². The van der Waals surface area contributed by atoms with Gasteiger partial charge in [0.05, 0.1) is 0 Å². The van der Waals surface area contributed by atoms with E-state index < -0.39 is 8.32 Å². The van der Waals surface area contributed by atoms with Gasteiger partial charge in [-0.1, -0.05) is 27.7 Å². The van der Waals surface area contributed by atoms with E-state index >= 15 is 0 Å². The van der Waals surface area contributed by atoms with Gasteiger partial charge in [-0.25, -0.2) is 0 Å². The van der Waals surface area contributed by atoms with E-state index in [1.165, 1.54) is 0 Å². The maximum Gasteiger partial charge on any atom is 0.250 e. The number of ketones is 1. The number of hydrogen-bond acceptors (Lipinski definition) is 2. The Kier molecular flexibility index (Phi) is 5.60. The van der Waals surface area contributed by atoms with Crippen LogP contribution in [0.25, 0.3) is 0 Å². The van der Waals surface area contributed by atoms with E-state index in [-0.39, 0.29) is 5.78 Å². The predicted octanol–water partition coefficient (Wildman–Crippen LogP) is 4.66. The van der Waals surface area contributed by atoms with Crippen molar-refractivity contribution in [1.82, 2.24) is 0 Å². The summed E-state index contributed by atoms with van der Waals surface area (Å²) in [6.07, 6.45) is 0.553. The van der Waals surface area contributed by atoms with E-state index in [0.717, 1.165) is 29.4 Å². The molecule has 1 aromatic carbocycles. The second-order valence-corrected chi connectivity index (χ2v) is 9.34. The summed E-state index contributed by atoms with van der Waals surface area (Å²) in [4.78, 5) is 11.5. The number of benzene rings is 1. The summed E-state index contributed by atoms with van der Waals surface area (Å²) in [7, 11) is -1.60. The van der Waals surface area contributed by atoms with Gasteiger partial charge in [0.2, 0.25) is 8.32 Å². The van der Waals surface area contributed by atoms with E-state index in [9.17, 15) is 4.79 Å². The molecule has 0 unspecified atom stereocenters. The predicted molar refractivity (Wildman–Crippen MR) is 78.9 cm³/mol. The van der Waals surface area contributed by atoms with Crippen LogP contribution in [0.1, 0.15) is 44.5 Å². The molecule has 1 rings (SSSR count). The second kappa shape index (κ2) is 6.74. The molecule has 3 heteroatoms. The SMILES string of the molecule is CCC(=O)c1ccc(O[Si](CC)(CC)CC)cc1. The zero-order valence-corrected chi connectivity index (χ0v) is 13.0. The Hall–Kier alpha value is -1.09. The summed E-state index contributed by atoms with van der Waals surface area (Å²) in [5.74, 6) is 1.10. The average Bonchev–Trinajstić information content (AvgIpc) is 2.45. The third-order valence-corrected chi connectivity index (χ3v) is 8.30. The van der Waals surface area contributed by atoms with Gasteiger partial charge in [0.25, 0.3) is 0 Å². The minimum atomic E-state index is -1.60. The summed E-state index contributed by atoms with van der Waals surface area (Å²) < 4.78 is 6.25. The lowest BCUT2D eigenvalue weighted by molar-refractivity contribution is 0.0988. The molecular weight excluding hydrogens is 240 g/mol. The highest BCUT2D eigenvalue weighted by molar-refractivity contribution is 6.74. The average molecular weight is 264 g/mol. The maximum atomic E-state index is 11.5. The largest absolute Gasteiger partial charge is 0.544 e. The maximum absolute atomic E-state index is 11.5. The molecule has 0 N–H and O–H groups in total. The van der Waals surface area contributed by atoms with Crippen molar-refractivity contribution < 1.29 is 9.22 Å². The Morgan fingerprint density at radius 1 is 1.00 bits per heavy atom. The van der Waals surface area contributed by atoms with Gasteiger partial charge in [-0.15, -0.1) is 0 Å².